The third kappa shape index (κ3) is 5.17. The number of ether oxygens (including phenoxy) is 2. The Labute approximate surface area is 183 Å². The molecule has 0 bridgehead atoms. The molecule has 3 rings (SSSR count). The molecule has 0 radical (unpaired) electrons. The standard InChI is InChI=1S/C20H23F3N2O6S/c1-2-15-4-3-5-16(12-15)32(28,29)25-10-11-30-19(14-25)6-8-24(9-7-19)18(27)31-17(13-26)20(21,22)23/h1,3-5,12,17,26H,6-11,13-14H2. The van der Waals surface area contributed by atoms with Crippen LogP contribution in [0.5, 0.6) is 0 Å². The Hall–Kier alpha value is -2.33. The number of terminal acetylenes is 1. The van der Waals surface area contributed by atoms with E-state index >= 15 is 0 Å². The van der Waals surface area contributed by atoms with E-state index in [-0.39, 0.29) is 50.5 Å². The molecule has 1 unspecified atom stereocenters. The number of nitrogens with zero attached hydrogens (tertiary/aromatic N) is 2. The number of alkyl halides is 3. The molecule has 1 atom stereocenters. The zero-order chi connectivity index (χ0) is 23.6. The van der Waals surface area contributed by atoms with Gasteiger partial charge in [-0.15, -0.1) is 6.42 Å². The van der Waals surface area contributed by atoms with Gasteiger partial charge in [-0.25, -0.2) is 13.2 Å². The first-order chi connectivity index (χ1) is 15.0. The monoisotopic (exact) mass is 476 g/mol. The van der Waals surface area contributed by atoms with Gasteiger partial charge in [0.25, 0.3) is 0 Å². The van der Waals surface area contributed by atoms with E-state index in [9.17, 15) is 26.4 Å². The second kappa shape index (κ2) is 9.27. The van der Waals surface area contributed by atoms with Crippen LogP contribution < -0.4 is 0 Å². The van der Waals surface area contributed by atoms with Crippen LogP contribution >= 0.6 is 0 Å². The van der Waals surface area contributed by atoms with Gasteiger partial charge in [-0.3, -0.25) is 0 Å². The number of sulfonamides is 1. The summed E-state index contributed by atoms with van der Waals surface area (Å²) < 4.78 is 75.9. The van der Waals surface area contributed by atoms with E-state index in [0.717, 1.165) is 4.90 Å². The minimum atomic E-state index is -4.88. The number of morpholine rings is 1. The fraction of sp³-hybridized carbons (Fsp3) is 0.550. The van der Waals surface area contributed by atoms with E-state index in [1.54, 1.807) is 12.1 Å². The van der Waals surface area contributed by atoms with Gasteiger partial charge in [0.2, 0.25) is 16.1 Å². The molecule has 12 heteroatoms. The molecular formula is C20H23F3N2O6S. The highest BCUT2D eigenvalue weighted by Gasteiger charge is 2.46. The van der Waals surface area contributed by atoms with Gasteiger partial charge in [0, 0.05) is 31.7 Å². The molecule has 1 amide bonds. The zero-order valence-corrected chi connectivity index (χ0v) is 17.9. The van der Waals surface area contributed by atoms with Crippen molar-refractivity contribution in [1.82, 2.24) is 9.21 Å². The molecule has 2 heterocycles. The molecule has 32 heavy (non-hydrogen) atoms. The Bertz CT molecular complexity index is 984. The van der Waals surface area contributed by atoms with Gasteiger partial charge in [-0.2, -0.15) is 17.5 Å². The van der Waals surface area contributed by atoms with Gasteiger partial charge in [-0.1, -0.05) is 12.0 Å². The summed E-state index contributed by atoms with van der Waals surface area (Å²) in [5.74, 6) is 2.40. The smallest absolute Gasteiger partial charge is 0.427 e. The lowest BCUT2D eigenvalue weighted by Gasteiger charge is -2.46. The van der Waals surface area contributed by atoms with Gasteiger partial charge in [0.15, 0.2) is 0 Å². The number of amides is 1. The summed E-state index contributed by atoms with van der Waals surface area (Å²) in [6.07, 6.45) is -2.88. The van der Waals surface area contributed by atoms with Crippen molar-refractivity contribution in [3.8, 4) is 12.3 Å². The number of likely N-dealkylation sites (tertiary alicyclic amines) is 1. The first-order valence-corrected chi connectivity index (χ1v) is 11.3. The number of carbonyl (C=O) groups is 1. The van der Waals surface area contributed by atoms with Gasteiger partial charge < -0.3 is 19.5 Å². The molecular weight excluding hydrogens is 453 g/mol. The van der Waals surface area contributed by atoms with E-state index in [4.69, 9.17) is 16.3 Å². The number of hydrogen-bond donors (Lipinski definition) is 1. The summed E-state index contributed by atoms with van der Waals surface area (Å²) in [6, 6.07) is 6.04. The van der Waals surface area contributed by atoms with E-state index in [2.05, 4.69) is 10.7 Å². The van der Waals surface area contributed by atoms with Crippen LogP contribution in [-0.4, -0.2) is 86.1 Å². The molecule has 1 aromatic carbocycles. The number of rotatable bonds is 4. The molecule has 1 N–H and O–H groups in total. The molecule has 1 spiro atoms. The molecule has 8 nitrogen and oxygen atoms in total. The van der Waals surface area contributed by atoms with Crippen molar-refractivity contribution >= 4 is 16.1 Å². The van der Waals surface area contributed by atoms with E-state index < -0.39 is 40.6 Å². The highest BCUT2D eigenvalue weighted by Crippen LogP contribution is 2.33. The topological polar surface area (TPSA) is 96.4 Å². The Balaban J connectivity index is 1.66. The molecule has 2 aliphatic rings. The Morgan fingerprint density at radius 2 is 2.00 bits per heavy atom. The van der Waals surface area contributed by atoms with Gasteiger partial charge in [0.05, 0.1) is 23.7 Å². The summed E-state index contributed by atoms with van der Waals surface area (Å²) in [7, 11) is -3.84. The second-order valence-electron chi connectivity index (χ2n) is 7.63. The van der Waals surface area contributed by atoms with Crippen LogP contribution in [-0.2, 0) is 19.5 Å². The number of aliphatic hydroxyl groups excluding tert-OH is 1. The molecule has 2 aliphatic heterocycles. The number of benzene rings is 1. The van der Waals surface area contributed by atoms with E-state index in [0.29, 0.717) is 5.56 Å². The van der Waals surface area contributed by atoms with Crippen LogP contribution in [0.2, 0.25) is 0 Å². The maximum absolute atomic E-state index is 13.1. The fourth-order valence-corrected chi connectivity index (χ4v) is 5.26. The van der Waals surface area contributed by atoms with Crippen molar-refractivity contribution in [2.45, 2.75) is 35.6 Å². The molecule has 2 saturated heterocycles. The molecule has 1 aromatic rings. The van der Waals surface area contributed by atoms with Crippen LogP contribution in [0.25, 0.3) is 0 Å². The van der Waals surface area contributed by atoms with Crippen molar-refractivity contribution in [2.24, 2.45) is 0 Å². The normalized spacial score (nSPS) is 20.5. The van der Waals surface area contributed by atoms with Crippen LogP contribution in [0.15, 0.2) is 29.2 Å². The first kappa shape index (κ1) is 24.3. The Kier molecular flexibility index (Phi) is 7.04. The highest BCUT2D eigenvalue weighted by atomic mass is 32.2. The summed E-state index contributed by atoms with van der Waals surface area (Å²) in [5.41, 5.74) is -0.437. The van der Waals surface area contributed by atoms with Crippen molar-refractivity contribution < 1.29 is 41.0 Å². The van der Waals surface area contributed by atoms with Crippen LogP contribution in [0.3, 0.4) is 0 Å². The van der Waals surface area contributed by atoms with Crippen molar-refractivity contribution in [1.29, 1.82) is 0 Å². The average molecular weight is 476 g/mol. The molecule has 0 aromatic heterocycles. The van der Waals surface area contributed by atoms with Crippen molar-refractivity contribution in [2.75, 3.05) is 39.4 Å². The predicted molar refractivity (Wildman–Crippen MR) is 106 cm³/mol. The Morgan fingerprint density at radius 3 is 2.59 bits per heavy atom. The molecule has 0 saturated carbocycles. The molecule has 0 aliphatic carbocycles. The predicted octanol–water partition coefficient (Wildman–Crippen LogP) is 1.58. The fourth-order valence-electron chi connectivity index (χ4n) is 3.71. The van der Waals surface area contributed by atoms with Gasteiger partial charge in [-0.05, 0) is 31.0 Å². The third-order valence-corrected chi connectivity index (χ3v) is 7.40. The summed E-state index contributed by atoms with van der Waals surface area (Å²) in [4.78, 5) is 13.2. The minimum Gasteiger partial charge on any atom is -0.434 e. The Morgan fingerprint density at radius 1 is 1.31 bits per heavy atom. The summed E-state index contributed by atoms with van der Waals surface area (Å²) >= 11 is 0. The van der Waals surface area contributed by atoms with Crippen LogP contribution in [0.1, 0.15) is 18.4 Å². The van der Waals surface area contributed by atoms with Crippen LogP contribution in [0, 0.1) is 12.3 Å². The zero-order valence-electron chi connectivity index (χ0n) is 17.0. The maximum Gasteiger partial charge on any atom is 0.427 e. The average Bonchev–Trinajstić information content (AvgIpc) is 2.77. The number of hydrogen-bond acceptors (Lipinski definition) is 6. The number of halogens is 3. The second-order valence-corrected chi connectivity index (χ2v) is 9.56. The lowest BCUT2D eigenvalue weighted by Crippen LogP contribution is -2.58. The molecule has 176 valence electrons. The number of aliphatic hydroxyl groups is 1. The van der Waals surface area contributed by atoms with Gasteiger partial charge in [0.1, 0.15) is 0 Å². The summed E-state index contributed by atoms with van der Waals surface area (Å²) in [6.45, 7) is -1.01. The first-order valence-electron chi connectivity index (χ1n) is 9.85. The van der Waals surface area contributed by atoms with E-state index in [1.807, 2.05) is 0 Å². The largest absolute Gasteiger partial charge is 0.434 e. The molecule has 2 fully saturated rings. The van der Waals surface area contributed by atoms with Crippen molar-refractivity contribution in [3.63, 3.8) is 0 Å². The van der Waals surface area contributed by atoms with Gasteiger partial charge >= 0.3 is 12.3 Å². The highest BCUT2D eigenvalue weighted by molar-refractivity contribution is 7.89. The minimum absolute atomic E-state index is 0.0231. The lowest BCUT2D eigenvalue weighted by atomic mass is 9.90. The number of carbonyl (C=O) groups excluding carboxylic acids is 1. The summed E-state index contributed by atoms with van der Waals surface area (Å²) in [5, 5.41) is 8.83. The van der Waals surface area contributed by atoms with Crippen molar-refractivity contribution in [3.05, 3.63) is 29.8 Å². The maximum atomic E-state index is 13.1. The quantitative estimate of drug-likeness (QED) is 0.663. The SMILES string of the molecule is C#Cc1cccc(S(=O)(=O)N2CCOC3(CCN(C(=O)OC(CO)C(F)(F)F)CC3)C2)c1. The van der Waals surface area contributed by atoms with E-state index in [1.165, 1.54) is 16.4 Å². The third-order valence-electron chi connectivity index (χ3n) is 5.56. The van der Waals surface area contributed by atoms with Crippen LogP contribution in [0.4, 0.5) is 18.0 Å². The number of piperidine rings is 1. The lowest BCUT2D eigenvalue weighted by molar-refractivity contribution is -0.215.